The predicted octanol–water partition coefficient (Wildman–Crippen LogP) is 1.87. The Kier molecular flexibility index (Phi) is 5.82. The highest BCUT2D eigenvalue weighted by atomic mass is 16.5. The van der Waals surface area contributed by atoms with Crippen molar-refractivity contribution in [3.8, 4) is 11.5 Å². The van der Waals surface area contributed by atoms with E-state index in [1.54, 1.807) is 20.4 Å². The van der Waals surface area contributed by atoms with E-state index in [0.29, 0.717) is 54.5 Å². The lowest BCUT2D eigenvalue weighted by Crippen LogP contribution is -2.40. The van der Waals surface area contributed by atoms with E-state index in [2.05, 4.69) is 37.4 Å². The van der Waals surface area contributed by atoms with Crippen LogP contribution in [-0.2, 0) is 14.9 Å². The summed E-state index contributed by atoms with van der Waals surface area (Å²) in [5.41, 5.74) is 8.66. The minimum absolute atomic E-state index is 0.0234. The highest BCUT2D eigenvalue weighted by Gasteiger charge is 2.67. The Morgan fingerprint density at radius 3 is 2.84 bits per heavy atom. The summed E-state index contributed by atoms with van der Waals surface area (Å²) in [6.07, 6.45) is 5.88. The lowest BCUT2D eigenvalue weighted by atomic mass is 9.74. The average molecular weight is 522 g/mol. The van der Waals surface area contributed by atoms with Crippen LogP contribution in [0.3, 0.4) is 0 Å². The number of rotatable bonds is 6. The number of benzene rings is 1. The molecule has 1 spiro atoms. The molecule has 11 nitrogen and oxygen atoms in total. The van der Waals surface area contributed by atoms with E-state index >= 15 is 0 Å². The first-order chi connectivity index (χ1) is 18.6. The van der Waals surface area contributed by atoms with Gasteiger partial charge in [0, 0.05) is 30.7 Å². The van der Waals surface area contributed by atoms with Gasteiger partial charge in [-0.3, -0.25) is 10.2 Å². The summed E-state index contributed by atoms with van der Waals surface area (Å²) in [4.78, 5) is 24.6. The molecule has 1 aromatic carbocycles. The third-order valence-corrected chi connectivity index (χ3v) is 9.29. The zero-order chi connectivity index (χ0) is 25.9. The van der Waals surface area contributed by atoms with E-state index in [4.69, 9.17) is 19.2 Å². The molecule has 2 saturated carbocycles. The molecule has 5 aliphatic rings. The Morgan fingerprint density at radius 1 is 1.16 bits per heavy atom. The van der Waals surface area contributed by atoms with Gasteiger partial charge >= 0.3 is 0 Å². The molecule has 6 atom stereocenters. The Balaban J connectivity index is 1.04. The molecule has 1 amide bonds. The van der Waals surface area contributed by atoms with E-state index in [0.717, 1.165) is 55.8 Å². The van der Waals surface area contributed by atoms with Crippen LogP contribution in [0, 0.1) is 17.8 Å². The van der Waals surface area contributed by atoms with Gasteiger partial charge in [-0.1, -0.05) is 0 Å². The van der Waals surface area contributed by atoms with Crippen molar-refractivity contribution in [2.75, 3.05) is 56.1 Å². The summed E-state index contributed by atoms with van der Waals surface area (Å²) >= 11 is 0. The summed E-state index contributed by atoms with van der Waals surface area (Å²) < 4.78 is 16.5. The van der Waals surface area contributed by atoms with Gasteiger partial charge in [-0.25, -0.2) is 10.4 Å². The first-order valence-electron chi connectivity index (χ1n) is 13.6. The Hall–Kier alpha value is -3.15. The van der Waals surface area contributed by atoms with Gasteiger partial charge < -0.3 is 29.7 Å². The first-order valence-corrected chi connectivity index (χ1v) is 13.6. The van der Waals surface area contributed by atoms with E-state index in [-0.39, 0.29) is 12.1 Å². The van der Waals surface area contributed by atoms with Crippen molar-refractivity contribution in [3.05, 3.63) is 30.0 Å². The minimum Gasteiger partial charge on any atom is -0.497 e. The van der Waals surface area contributed by atoms with Crippen molar-refractivity contribution >= 4 is 23.4 Å². The molecule has 2 aromatic rings. The zero-order valence-electron chi connectivity index (χ0n) is 21.8. The number of aromatic nitrogens is 2. The van der Waals surface area contributed by atoms with Gasteiger partial charge in [-0.15, -0.1) is 0 Å². The number of fused-ring (bicyclic) bond motifs is 3. The summed E-state index contributed by atoms with van der Waals surface area (Å²) in [6.45, 7) is 2.92. The highest BCUT2D eigenvalue weighted by Crippen LogP contribution is 2.65. The second-order valence-electron chi connectivity index (χ2n) is 11.1. The van der Waals surface area contributed by atoms with Crippen LogP contribution in [0.1, 0.15) is 31.2 Å². The van der Waals surface area contributed by atoms with Crippen molar-refractivity contribution in [2.45, 2.75) is 43.3 Å². The summed E-state index contributed by atoms with van der Waals surface area (Å²) in [5.74, 6) is 4.23. The van der Waals surface area contributed by atoms with Crippen molar-refractivity contribution < 1.29 is 19.0 Å². The van der Waals surface area contributed by atoms with E-state index < -0.39 is 5.41 Å². The van der Waals surface area contributed by atoms with Gasteiger partial charge in [0.25, 0.3) is 0 Å². The number of anilines is 3. The third kappa shape index (κ3) is 3.78. The number of hydrazine groups is 1. The van der Waals surface area contributed by atoms with Crippen LogP contribution in [-0.4, -0.2) is 68.6 Å². The fourth-order valence-electron chi connectivity index (χ4n) is 7.19. The van der Waals surface area contributed by atoms with Crippen LogP contribution < -0.4 is 35.9 Å². The van der Waals surface area contributed by atoms with E-state index in [9.17, 15) is 4.79 Å². The number of morpholine rings is 1. The second kappa shape index (κ2) is 9.25. The SMILES string of the molecule is COc1ccc2c(c1)[C@]1(C[C@H]1C1CCC3C(C1)NNC3Nc1nc(N3CCOCC3)ncc1OC)C(=O)N2. The number of nitrogens with zero attached hydrogens (tertiary/aromatic N) is 3. The molecule has 11 heteroatoms. The van der Waals surface area contributed by atoms with Crippen molar-refractivity contribution in [1.82, 2.24) is 20.8 Å². The van der Waals surface area contributed by atoms with Crippen LogP contribution in [0.25, 0.3) is 0 Å². The molecule has 2 saturated heterocycles. The Morgan fingerprint density at radius 2 is 2.03 bits per heavy atom. The second-order valence-corrected chi connectivity index (χ2v) is 11.1. The highest BCUT2D eigenvalue weighted by molar-refractivity contribution is 6.09. The summed E-state index contributed by atoms with van der Waals surface area (Å²) in [7, 11) is 3.32. The lowest BCUT2D eigenvalue weighted by Gasteiger charge is -2.34. The molecular weight excluding hydrogens is 486 g/mol. The molecule has 4 unspecified atom stereocenters. The quantitative estimate of drug-likeness (QED) is 0.448. The number of carbonyl (C=O) groups is 1. The van der Waals surface area contributed by atoms with Gasteiger partial charge in [0.2, 0.25) is 11.9 Å². The van der Waals surface area contributed by atoms with Crippen molar-refractivity contribution in [3.63, 3.8) is 0 Å². The molecule has 2 aliphatic carbocycles. The zero-order valence-corrected chi connectivity index (χ0v) is 21.8. The first kappa shape index (κ1) is 23.9. The predicted molar refractivity (Wildman–Crippen MR) is 141 cm³/mol. The number of nitrogens with one attached hydrogen (secondary N) is 4. The fourth-order valence-corrected chi connectivity index (χ4v) is 7.19. The minimum atomic E-state index is -0.394. The molecule has 4 fully saturated rings. The van der Waals surface area contributed by atoms with Gasteiger partial charge in [0.15, 0.2) is 11.6 Å². The van der Waals surface area contributed by atoms with Gasteiger partial charge in [-0.2, -0.15) is 4.98 Å². The lowest BCUT2D eigenvalue weighted by molar-refractivity contribution is -0.118. The number of hydrogen-bond donors (Lipinski definition) is 4. The van der Waals surface area contributed by atoms with Crippen molar-refractivity contribution in [2.24, 2.45) is 17.8 Å². The standard InChI is InChI=1S/C27H35N7O4/c1-36-16-4-6-20-18(12-16)27(25(35)29-20)13-19(27)15-3-5-17-21(11-15)32-33-23(17)30-24-22(37-2)14-28-26(31-24)34-7-9-38-10-8-34/h4,6,12,14-15,17,19,21,23,32-33H,3,5,7-11,13H2,1-2H3,(H,29,35)(H,28,30,31)/t15?,17?,19-,21?,23?,27-/m0/s1. The topological polar surface area (TPSA) is 122 Å². The summed E-state index contributed by atoms with van der Waals surface area (Å²) in [6, 6.07) is 6.26. The number of hydrogen-bond acceptors (Lipinski definition) is 10. The van der Waals surface area contributed by atoms with Crippen LogP contribution in [0.4, 0.5) is 17.5 Å². The smallest absolute Gasteiger partial charge is 0.235 e. The van der Waals surface area contributed by atoms with Crippen LogP contribution in [0.5, 0.6) is 11.5 Å². The average Bonchev–Trinajstić information content (AvgIpc) is 3.51. The van der Waals surface area contributed by atoms with Crippen LogP contribution in [0.15, 0.2) is 24.4 Å². The third-order valence-electron chi connectivity index (χ3n) is 9.29. The Bertz CT molecular complexity index is 1240. The molecule has 7 rings (SSSR count). The number of amides is 1. The largest absolute Gasteiger partial charge is 0.497 e. The normalized spacial score (nSPS) is 33.5. The van der Waals surface area contributed by atoms with Gasteiger partial charge in [-0.05, 0) is 61.3 Å². The summed E-state index contributed by atoms with van der Waals surface area (Å²) in [5, 5.41) is 6.72. The number of ether oxygens (including phenoxy) is 3. The van der Waals surface area contributed by atoms with E-state index in [1.165, 1.54) is 0 Å². The maximum atomic E-state index is 13.1. The molecule has 38 heavy (non-hydrogen) atoms. The molecule has 0 radical (unpaired) electrons. The molecule has 202 valence electrons. The van der Waals surface area contributed by atoms with Crippen LogP contribution in [0.2, 0.25) is 0 Å². The van der Waals surface area contributed by atoms with E-state index in [1.807, 2.05) is 12.1 Å². The van der Waals surface area contributed by atoms with Gasteiger partial charge in [0.1, 0.15) is 5.75 Å². The Labute approximate surface area is 222 Å². The monoisotopic (exact) mass is 521 g/mol. The molecule has 4 heterocycles. The molecule has 0 bridgehead atoms. The maximum absolute atomic E-state index is 13.1. The molecule has 1 aromatic heterocycles. The maximum Gasteiger partial charge on any atom is 0.235 e. The van der Waals surface area contributed by atoms with Crippen molar-refractivity contribution in [1.29, 1.82) is 0 Å². The van der Waals surface area contributed by atoms with Crippen LogP contribution >= 0.6 is 0 Å². The number of methoxy groups -OCH3 is 2. The molecular formula is C27H35N7O4. The fraction of sp³-hybridized carbons (Fsp3) is 0.593. The molecule has 4 N–H and O–H groups in total. The number of carbonyl (C=O) groups excluding carboxylic acids is 1. The van der Waals surface area contributed by atoms with Gasteiger partial charge in [0.05, 0.1) is 45.2 Å². The molecule has 3 aliphatic heterocycles.